The van der Waals surface area contributed by atoms with Gasteiger partial charge in [0.05, 0.1) is 12.0 Å². The molecule has 1 aliphatic rings. The van der Waals surface area contributed by atoms with Crippen molar-refractivity contribution >= 4 is 5.91 Å². The van der Waals surface area contributed by atoms with Crippen LogP contribution in [0, 0.1) is 19.3 Å². The molecule has 122 valence electrons. The van der Waals surface area contributed by atoms with E-state index in [2.05, 4.69) is 4.98 Å². The summed E-state index contributed by atoms with van der Waals surface area (Å²) in [4.78, 5) is 17.9. The molecule has 22 heavy (non-hydrogen) atoms. The van der Waals surface area contributed by atoms with Gasteiger partial charge in [0.2, 0.25) is 0 Å². The Morgan fingerprint density at radius 3 is 2.36 bits per heavy atom. The summed E-state index contributed by atoms with van der Waals surface area (Å²) in [6.45, 7) is 2.64. The van der Waals surface area contributed by atoms with Gasteiger partial charge in [-0.3, -0.25) is 4.79 Å². The number of likely N-dealkylation sites (tertiary alicyclic amines) is 1. The highest BCUT2D eigenvalue weighted by atomic mass is 19.4. The van der Waals surface area contributed by atoms with Gasteiger partial charge < -0.3 is 10.0 Å². The minimum Gasteiger partial charge on any atom is -0.395 e. The largest absolute Gasteiger partial charge is 0.396 e. The van der Waals surface area contributed by atoms with Crippen LogP contribution in [0.25, 0.3) is 0 Å². The van der Waals surface area contributed by atoms with E-state index in [1.165, 1.54) is 4.90 Å². The second-order valence-electron chi connectivity index (χ2n) is 5.83. The molecule has 0 aliphatic carbocycles. The van der Waals surface area contributed by atoms with E-state index in [1.807, 2.05) is 6.92 Å². The van der Waals surface area contributed by atoms with Crippen LogP contribution in [0.3, 0.4) is 0 Å². The summed E-state index contributed by atoms with van der Waals surface area (Å²) in [5.74, 6) is -0.364. The highest BCUT2D eigenvalue weighted by Crippen LogP contribution is 2.45. The SMILES string of the molecule is Cc1ccc(C(=O)N2CCC(CO)(C(F)(F)F)CC2)nc1C. The number of hydrogen-bond donors (Lipinski definition) is 1. The number of halogens is 3. The molecule has 0 bridgehead atoms. The molecule has 0 atom stereocenters. The minimum absolute atomic E-state index is 0.0342. The molecular formula is C15H19F3N2O2. The molecule has 0 unspecified atom stereocenters. The molecule has 0 radical (unpaired) electrons. The molecule has 1 aromatic rings. The third kappa shape index (κ3) is 2.95. The van der Waals surface area contributed by atoms with Crippen molar-refractivity contribution in [3.05, 3.63) is 29.1 Å². The van der Waals surface area contributed by atoms with E-state index in [0.717, 1.165) is 11.3 Å². The first-order chi connectivity index (χ1) is 10.2. The zero-order valence-electron chi connectivity index (χ0n) is 12.6. The first-order valence-electron chi connectivity index (χ1n) is 7.11. The molecule has 0 spiro atoms. The summed E-state index contributed by atoms with van der Waals surface area (Å²) in [5.41, 5.74) is -0.179. The van der Waals surface area contributed by atoms with Crippen molar-refractivity contribution in [2.75, 3.05) is 19.7 Å². The van der Waals surface area contributed by atoms with E-state index in [0.29, 0.717) is 0 Å². The molecular weight excluding hydrogens is 297 g/mol. The lowest BCUT2D eigenvalue weighted by Crippen LogP contribution is -2.51. The number of carbonyl (C=O) groups excluding carboxylic acids is 1. The average Bonchev–Trinajstić information content (AvgIpc) is 2.48. The molecule has 2 heterocycles. The van der Waals surface area contributed by atoms with E-state index in [9.17, 15) is 18.0 Å². The Morgan fingerprint density at radius 1 is 1.32 bits per heavy atom. The molecule has 0 saturated carbocycles. The van der Waals surface area contributed by atoms with Crippen LogP contribution in [-0.4, -0.2) is 46.8 Å². The van der Waals surface area contributed by atoms with Crippen molar-refractivity contribution < 1.29 is 23.1 Å². The summed E-state index contributed by atoms with van der Waals surface area (Å²) in [6, 6.07) is 3.36. The molecule has 0 aromatic carbocycles. The van der Waals surface area contributed by atoms with Crippen molar-refractivity contribution in [1.82, 2.24) is 9.88 Å². The summed E-state index contributed by atoms with van der Waals surface area (Å²) < 4.78 is 39.2. The van der Waals surface area contributed by atoms with Gasteiger partial charge in [-0.05, 0) is 38.3 Å². The Labute approximate surface area is 127 Å². The number of alkyl halides is 3. The standard InChI is InChI=1S/C15H19F3N2O2/c1-10-3-4-12(19-11(10)2)13(22)20-7-5-14(9-21,6-8-20)15(16,17)18/h3-4,21H,5-9H2,1-2H3. The maximum atomic E-state index is 13.1. The molecule has 1 N–H and O–H groups in total. The van der Waals surface area contributed by atoms with Crippen LogP contribution in [0.4, 0.5) is 13.2 Å². The predicted octanol–water partition coefficient (Wildman–Crippen LogP) is 2.48. The van der Waals surface area contributed by atoms with Gasteiger partial charge in [0, 0.05) is 18.8 Å². The summed E-state index contributed by atoms with van der Waals surface area (Å²) in [5, 5.41) is 9.15. The Kier molecular flexibility index (Phi) is 4.47. The molecule has 2 rings (SSSR count). The van der Waals surface area contributed by atoms with E-state index >= 15 is 0 Å². The summed E-state index contributed by atoms with van der Waals surface area (Å²) >= 11 is 0. The summed E-state index contributed by atoms with van der Waals surface area (Å²) in [6.07, 6.45) is -5.04. The third-order valence-electron chi connectivity index (χ3n) is 4.48. The number of rotatable bonds is 2. The Hall–Kier alpha value is -1.63. The van der Waals surface area contributed by atoms with Crippen molar-refractivity contribution in [2.45, 2.75) is 32.9 Å². The average molecular weight is 316 g/mol. The Balaban J connectivity index is 2.11. The number of aryl methyl sites for hydroxylation is 2. The quantitative estimate of drug-likeness (QED) is 0.912. The van der Waals surface area contributed by atoms with E-state index in [-0.39, 0.29) is 37.5 Å². The first-order valence-corrected chi connectivity index (χ1v) is 7.11. The summed E-state index contributed by atoms with van der Waals surface area (Å²) in [7, 11) is 0. The molecule has 4 nitrogen and oxygen atoms in total. The Bertz CT molecular complexity index is 564. The Morgan fingerprint density at radius 2 is 1.91 bits per heavy atom. The van der Waals surface area contributed by atoms with E-state index in [4.69, 9.17) is 5.11 Å². The van der Waals surface area contributed by atoms with Gasteiger partial charge in [0.1, 0.15) is 5.69 Å². The fourth-order valence-corrected chi connectivity index (χ4v) is 2.58. The van der Waals surface area contributed by atoms with Gasteiger partial charge in [-0.15, -0.1) is 0 Å². The van der Waals surface area contributed by atoms with Crippen LogP contribution in [0.1, 0.15) is 34.6 Å². The number of amides is 1. The lowest BCUT2D eigenvalue weighted by molar-refractivity contribution is -0.247. The van der Waals surface area contributed by atoms with Crippen LogP contribution in [0.2, 0.25) is 0 Å². The fraction of sp³-hybridized carbons (Fsp3) is 0.600. The van der Waals surface area contributed by atoms with Gasteiger partial charge in [0.15, 0.2) is 0 Å². The smallest absolute Gasteiger partial charge is 0.395 e. The second-order valence-corrected chi connectivity index (χ2v) is 5.83. The van der Waals surface area contributed by atoms with E-state index in [1.54, 1.807) is 19.1 Å². The number of piperidine rings is 1. The topological polar surface area (TPSA) is 53.4 Å². The lowest BCUT2D eigenvalue weighted by Gasteiger charge is -2.41. The molecule has 1 saturated heterocycles. The maximum absolute atomic E-state index is 13.1. The number of aliphatic hydroxyl groups excluding tert-OH is 1. The normalized spacial score (nSPS) is 18.4. The first kappa shape index (κ1) is 16.7. The van der Waals surface area contributed by atoms with Crippen LogP contribution >= 0.6 is 0 Å². The minimum atomic E-state index is -4.46. The van der Waals surface area contributed by atoms with Gasteiger partial charge in [-0.25, -0.2) is 4.98 Å². The van der Waals surface area contributed by atoms with Gasteiger partial charge >= 0.3 is 6.18 Å². The zero-order chi connectivity index (χ0) is 16.5. The number of nitrogens with zero attached hydrogens (tertiary/aromatic N) is 2. The second kappa shape index (κ2) is 5.87. The predicted molar refractivity (Wildman–Crippen MR) is 74.4 cm³/mol. The fourth-order valence-electron chi connectivity index (χ4n) is 2.58. The van der Waals surface area contributed by atoms with Gasteiger partial charge in [-0.1, -0.05) is 6.07 Å². The van der Waals surface area contributed by atoms with Crippen LogP contribution in [0.5, 0.6) is 0 Å². The number of hydrogen-bond acceptors (Lipinski definition) is 3. The molecule has 1 amide bonds. The van der Waals surface area contributed by atoms with Crippen molar-refractivity contribution in [2.24, 2.45) is 5.41 Å². The van der Waals surface area contributed by atoms with Crippen LogP contribution < -0.4 is 0 Å². The lowest BCUT2D eigenvalue weighted by atomic mass is 9.78. The third-order valence-corrected chi connectivity index (χ3v) is 4.48. The van der Waals surface area contributed by atoms with Crippen molar-refractivity contribution in [3.8, 4) is 0 Å². The highest BCUT2D eigenvalue weighted by Gasteiger charge is 2.55. The number of aliphatic hydroxyl groups is 1. The number of pyridine rings is 1. The van der Waals surface area contributed by atoms with Crippen LogP contribution in [0.15, 0.2) is 12.1 Å². The monoisotopic (exact) mass is 316 g/mol. The van der Waals surface area contributed by atoms with Crippen molar-refractivity contribution in [1.29, 1.82) is 0 Å². The van der Waals surface area contributed by atoms with E-state index < -0.39 is 18.2 Å². The highest BCUT2D eigenvalue weighted by molar-refractivity contribution is 5.92. The van der Waals surface area contributed by atoms with Crippen LogP contribution in [-0.2, 0) is 0 Å². The molecule has 1 aromatic heterocycles. The zero-order valence-corrected chi connectivity index (χ0v) is 12.6. The van der Waals surface area contributed by atoms with Gasteiger partial charge in [-0.2, -0.15) is 13.2 Å². The number of carbonyl (C=O) groups is 1. The molecule has 1 fully saturated rings. The van der Waals surface area contributed by atoms with Gasteiger partial charge in [0.25, 0.3) is 5.91 Å². The van der Waals surface area contributed by atoms with Crippen molar-refractivity contribution in [3.63, 3.8) is 0 Å². The maximum Gasteiger partial charge on any atom is 0.396 e. The number of aromatic nitrogens is 1. The molecule has 7 heteroatoms. The molecule has 1 aliphatic heterocycles.